The first-order valence-electron chi connectivity index (χ1n) is 9.71. The van der Waals surface area contributed by atoms with Crippen LogP contribution in [0.3, 0.4) is 0 Å². The quantitative estimate of drug-likeness (QED) is 0.400. The highest BCUT2D eigenvalue weighted by molar-refractivity contribution is 5.84. The molecular formula is C24H24FN3O3. The van der Waals surface area contributed by atoms with Crippen LogP contribution in [0.25, 0.3) is 0 Å². The summed E-state index contributed by atoms with van der Waals surface area (Å²) in [5.74, 6) is 0.528. The number of carbonyl (C=O) groups is 1. The number of methoxy groups -OCH3 is 1. The molecule has 6 nitrogen and oxygen atoms in total. The number of aryl methyl sites for hydroxylation is 1. The van der Waals surface area contributed by atoms with E-state index in [-0.39, 0.29) is 24.9 Å². The standard InChI is InChI=1S/C24H24FN3O3/c1-17-3-10-21(11-4-17)26-15-24(29)28-27-14-19-7-12-22(23(13-19)30-2)31-16-18-5-8-20(25)9-6-18/h3-14,26H,15-16H2,1-2H3,(H,28,29)/b27-14-. The first-order valence-corrected chi connectivity index (χ1v) is 9.71. The third kappa shape index (κ3) is 6.85. The van der Waals surface area contributed by atoms with Gasteiger partial charge in [0.2, 0.25) is 0 Å². The summed E-state index contributed by atoms with van der Waals surface area (Å²) >= 11 is 0. The van der Waals surface area contributed by atoms with Gasteiger partial charge in [-0.2, -0.15) is 5.10 Å². The van der Waals surface area contributed by atoms with Gasteiger partial charge in [-0.3, -0.25) is 4.79 Å². The van der Waals surface area contributed by atoms with Crippen LogP contribution < -0.4 is 20.2 Å². The molecule has 0 unspecified atom stereocenters. The Balaban J connectivity index is 1.51. The van der Waals surface area contributed by atoms with Gasteiger partial charge in [-0.15, -0.1) is 0 Å². The fourth-order valence-electron chi connectivity index (χ4n) is 2.70. The zero-order valence-corrected chi connectivity index (χ0v) is 17.4. The lowest BCUT2D eigenvalue weighted by molar-refractivity contribution is -0.119. The number of halogens is 1. The molecule has 0 bridgehead atoms. The van der Waals surface area contributed by atoms with Crippen LogP contribution in [0.5, 0.6) is 11.5 Å². The number of amides is 1. The summed E-state index contributed by atoms with van der Waals surface area (Å²) in [6.45, 7) is 2.40. The van der Waals surface area contributed by atoms with Crippen molar-refractivity contribution in [3.63, 3.8) is 0 Å². The zero-order chi connectivity index (χ0) is 22.1. The molecule has 3 aromatic rings. The number of nitrogens with one attached hydrogen (secondary N) is 2. The van der Waals surface area contributed by atoms with Crippen molar-refractivity contribution in [3.8, 4) is 11.5 Å². The number of hydrogen-bond donors (Lipinski definition) is 2. The molecule has 0 saturated carbocycles. The van der Waals surface area contributed by atoms with Gasteiger partial charge >= 0.3 is 0 Å². The molecule has 2 N–H and O–H groups in total. The van der Waals surface area contributed by atoms with E-state index in [4.69, 9.17) is 9.47 Å². The summed E-state index contributed by atoms with van der Waals surface area (Å²) in [6.07, 6.45) is 1.52. The number of hydrogen-bond acceptors (Lipinski definition) is 5. The van der Waals surface area contributed by atoms with E-state index in [2.05, 4.69) is 15.8 Å². The second-order valence-corrected chi connectivity index (χ2v) is 6.84. The van der Waals surface area contributed by atoms with Crippen LogP contribution in [-0.2, 0) is 11.4 Å². The zero-order valence-electron chi connectivity index (χ0n) is 17.4. The Morgan fingerprint density at radius 3 is 2.48 bits per heavy atom. The summed E-state index contributed by atoms with van der Waals surface area (Å²) in [6, 6.07) is 19.2. The van der Waals surface area contributed by atoms with Gasteiger partial charge in [0.05, 0.1) is 19.9 Å². The summed E-state index contributed by atoms with van der Waals surface area (Å²) < 4.78 is 24.1. The Kier molecular flexibility index (Phi) is 7.59. The monoisotopic (exact) mass is 421 g/mol. The van der Waals surface area contributed by atoms with E-state index in [0.717, 1.165) is 22.4 Å². The third-order valence-electron chi connectivity index (χ3n) is 4.40. The maximum absolute atomic E-state index is 13.0. The first kappa shape index (κ1) is 21.8. The average Bonchev–Trinajstić information content (AvgIpc) is 2.78. The van der Waals surface area contributed by atoms with Crippen LogP contribution in [0.1, 0.15) is 16.7 Å². The molecule has 0 aliphatic heterocycles. The van der Waals surface area contributed by atoms with Gasteiger partial charge in [0.15, 0.2) is 11.5 Å². The van der Waals surface area contributed by atoms with Crippen molar-refractivity contribution < 1.29 is 18.7 Å². The molecule has 0 spiro atoms. The largest absolute Gasteiger partial charge is 0.493 e. The molecule has 0 radical (unpaired) electrons. The number of hydrazone groups is 1. The van der Waals surface area contributed by atoms with E-state index in [1.54, 1.807) is 37.4 Å². The summed E-state index contributed by atoms with van der Waals surface area (Å²) in [5.41, 5.74) is 6.08. The van der Waals surface area contributed by atoms with Crippen molar-refractivity contribution in [2.75, 3.05) is 19.0 Å². The van der Waals surface area contributed by atoms with Crippen molar-refractivity contribution in [1.29, 1.82) is 0 Å². The predicted molar refractivity (Wildman–Crippen MR) is 119 cm³/mol. The molecule has 0 aromatic heterocycles. The van der Waals surface area contributed by atoms with Gasteiger partial charge in [0, 0.05) is 5.69 Å². The molecule has 0 saturated heterocycles. The summed E-state index contributed by atoms with van der Waals surface area (Å²) in [7, 11) is 1.54. The summed E-state index contributed by atoms with van der Waals surface area (Å²) in [4.78, 5) is 11.9. The van der Waals surface area contributed by atoms with Crippen molar-refractivity contribution in [2.24, 2.45) is 5.10 Å². The number of benzene rings is 3. The van der Waals surface area contributed by atoms with E-state index in [1.807, 2.05) is 31.2 Å². The predicted octanol–water partition coefficient (Wildman–Crippen LogP) is 4.28. The van der Waals surface area contributed by atoms with Crippen LogP contribution in [0.4, 0.5) is 10.1 Å². The van der Waals surface area contributed by atoms with Gasteiger partial charge in [0.25, 0.3) is 5.91 Å². The SMILES string of the molecule is COc1cc(/C=N\NC(=O)CNc2ccc(C)cc2)ccc1OCc1ccc(F)cc1. The molecule has 0 aliphatic rings. The Bertz CT molecular complexity index is 1030. The van der Waals surface area contributed by atoms with Crippen LogP contribution >= 0.6 is 0 Å². The second-order valence-electron chi connectivity index (χ2n) is 6.84. The molecule has 31 heavy (non-hydrogen) atoms. The van der Waals surface area contributed by atoms with Crippen molar-refractivity contribution >= 4 is 17.8 Å². The highest BCUT2D eigenvalue weighted by Crippen LogP contribution is 2.28. The van der Waals surface area contributed by atoms with E-state index in [9.17, 15) is 9.18 Å². The minimum absolute atomic E-state index is 0.111. The van der Waals surface area contributed by atoms with Gasteiger partial charge < -0.3 is 14.8 Å². The average molecular weight is 421 g/mol. The van der Waals surface area contributed by atoms with Crippen LogP contribution in [-0.4, -0.2) is 25.8 Å². The number of nitrogens with zero attached hydrogens (tertiary/aromatic N) is 1. The van der Waals surface area contributed by atoms with Gasteiger partial charge in [-0.05, 0) is 60.5 Å². The maximum atomic E-state index is 13.0. The van der Waals surface area contributed by atoms with E-state index < -0.39 is 0 Å². The highest BCUT2D eigenvalue weighted by Gasteiger charge is 2.06. The first-order chi connectivity index (χ1) is 15.0. The minimum atomic E-state index is -0.289. The second kappa shape index (κ2) is 10.8. The lowest BCUT2D eigenvalue weighted by Gasteiger charge is -2.11. The molecular weight excluding hydrogens is 397 g/mol. The normalized spacial score (nSPS) is 10.7. The van der Waals surface area contributed by atoms with Crippen LogP contribution in [0.15, 0.2) is 71.8 Å². The Morgan fingerprint density at radius 2 is 1.77 bits per heavy atom. The lowest BCUT2D eigenvalue weighted by Crippen LogP contribution is -2.25. The van der Waals surface area contributed by atoms with Gasteiger partial charge in [-0.25, -0.2) is 9.82 Å². The fourth-order valence-corrected chi connectivity index (χ4v) is 2.70. The Hall–Kier alpha value is -3.87. The molecule has 7 heteroatoms. The maximum Gasteiger partial charge on any atom is 0.259 e. The molecule has 0 heterocycles. The number of rotatable bonds is 9. The molecule has 3 rings (SSSR count). The Labute approximate surface area is 180 Å². The smallest absolute Gasteiger partial charge is 0.259 e. The van der Waals surface area contributed by atoms with Crippen molar-refractivity contribution in [3.05, 3.63) is 89.2 Å². The molecule has 0 fully saturated rings. The van der Waals surface area contributed by atoms with Crippen LogP contribution in [0.2, 0.25) is 0 Å². The number of carbonyl (C=O) groups excluding carboxylic acids is 1. The van der Waals surface area contributed by atoms with E-state index >= 15 is 0 Å². The highest BCUT2D eigenvalue weighted by atomic mass is 19.1. The topological polar surface area (TPSA) is 72.0 Å². The van der Waals surface area contributed by atoms with E-state index in [0.29, 0.717) is 11.5 Å². The molecule has 3 aromatic carbocycles. The number of ether oxygens (including phenoxy) is 2. The number of anilines is 1. The van der Waals surface area contributed by atoms with Gasteiger partial charge in [0.1, 0.15) is 12.4 Å². The molecule has 0 atom stereocenters. The van der Waals surface area contributed by atoms with Crippen LogP contribution in [0, 0.1) is 12.7 Å². The van der Waals surface area contributed by atoms with Crippen molar-refractivity contribution in [1.82, 2.24) is 5.43 Å². The molecule has 1 amide bonds. The van der Waals surface area contributed by atoms with Crippen molar-refractivity contribution in [2.45, 2.75) is 13.5 Å². The third-order valence-corrected chi connectivity index (χ3v) is 4.40. The summed E-state index contributed by atoms with van der Waals surface area (Å²) in [5, 5.41) is 7.01. The van der Waals surface area contributed by atoms with E-state index in [1.165, 1.54) is 18.3 Å². The Morgan fingerprint density at radius 1 is 1.03 bits per heavy atom. The fraction of sp³-hybridized carbons (Fsp3) is 0.167. The minimum Gasteiger partial charge on any atom is -0.493 e. The molecule has 0 aliphatic carbocycles. The molecule has 160 valence electrons. The van der Waals surface area contributed by atoms with Gasteiger partial charge in [-0.1, -0.05) is 29.8 Å². The lowest BCUT2D eigenvalue weighted by atomic mass is 10.2.